The molecule has 44 heavy (non-hydrogen) atoms. The van der Waals surface area contributed by atoms with Gasteiger partial charge in [0.15, 0.2) is 0 Å². The minimum atomic E-state index is -0.119. The van der Waals surface area contributed by atoms with Crippen LogP contribution in [0.2, 0.25) is 0 Å². The summed E-state index contributed by atoms with van der Waals surface area (Å²) in [6.07, 6.45) is 20.1. The zero-order valence-electron chi connectivity index (χ0n) is 26.1. The van der Waals surface area contributed by atoms with Crippen LogP contribution >= 0.6 is 0 Å². The Bertz CT molecular complexity index is 1070. The fraction of sp³-hybridized carbons (Fsp3) is 0.970. The fourth-order valence-corrected chi connectivity index (χ4v) is 12.3. The summed E-state index contributed by atoms with van der Waals surface area (Å²) in [5.74, 6) is 4.46. The zero-order chi connectivity index (χ0) is 28.7. The van der Waals surface area contributed by atoms with Gasteiger partial charge in [0.25, 0.3) is 0 Å². The Labute approximate surface area is 274 Å². The van der Waals surface area contributed by atoms with Gasteiger partial charge in [-0.3, -0.25) is 42.5 Å². The van der Waals surface area contributed by atoms with E-state index in [0.717, 1.165) is 12.8 Å². The smallest absolute Gasteiger partial charge is 0.0676 e. The van der Waals surface area contributed by atoms with Gasteiger partial charge in [0, 0.05) is 28.7 Å². The number of nitrogens with two attached hydrogens (primary N) is 1. The number of hydrogen-bond donors (Lipinski definition) is 9. The maximum atomic E-state index is 10.4. The van der Waals surface area contributed by atoms with Gasteiger partial charge in [0.2, 0.25) is 0 Å². The summed E-state index contributed by atoms with van der Waals surface area (Å²) in [7, 11) is 0. The molecule has 9 aliphatic rings. The van der Waals surface area contributed by atoms with Gasteiger partial charge in [-0.2, -0.15) is 5.26 Å². The molecule has 18 atom stereocenters. The molecule has 247 valence electrons. The van der Waals surface area contributed by atoms with E-state index < -0.39 is 0 Å². The van der Waals surface area contributed by atoms with Gasteiger partial charge in [-0.1, -0.05) is 38.5 Å². The van der Waals surface area contributed by atoms with Crippen LogP contribution in [0.1, 0.15) is 89.9 Å². The molecule has 18 unspecified atom stereocenters. The van der Waals surface area contributed by atoms with Crippen LogP contribution in [0.25, 0.3) is 0 Å². The molecule has 0 spiro atoms. The number of nitrogens with one attached hydrogen (secondary N) is 8. The molecule has 5 saturated heterocycles. The molecule has 1 radical (unpaired) electrons. The molecule has 9 fully saturated rings. The summed E-state index contributed by atoms with van der Waals surface area (Å²) in [6, 6.07) is 2.66. The van der Waals surface area contributed by atoms with Crippen LogP contribution in [0.4, 0.5) is 0 Å². The van der Waals surface area contributed by atoms with Crippen molar-refractivity contribution >= 4 is 0 Å². The summed E-state index contributed by atoms with van der Waals surface area (Å²) >= 11 is 0. The van der Waals surface area contributed by atoms with E-state index in [1.54, 1.807) is 0 Å². The molecule has 0 aromatic heterocycles. The number of fused-ring (bicyclic) bond motifs is 20. The van der Waals surface area contributed by atoms with E-state index in [9.17, 15) is 5.26 Å². The fourth-order valence-electron chi connectivity index (χ4n) is 12.3. The van der Waals surface area contributed by atoms with E-state index in [1.807, 2.05) is 0 Å². The van der Waals surface area contributed by atoms with E-state index in [0.29, 0.717) is 66.1 Å². The van der Waals surface area contributed by atoms with Crippen LogP contribution in [0, 0.1) is 64.6 Å². The first-order valence-electron chi connectivity index (χ1n) is 18.4. The normalized spacial score (nSPS) is 56.4. The molecule has 4 saturated carbocycles. The van der Waals surface area contributed by atoms with Crippen LogP contribution in [-0.2, 0) is 16.8 Å². The van der Waals surface area contributed by atoms with Crippen molar-refractivity contribution in [2.45, 2.75) is 145 Å². The third-order valence-electron chi connectivity index (χ3n) is 14.2. The van der Waals surface area contributed by atoms with Gasteiger partial charge >= 0.3 is 0 Å². The summed E-state index contributed by atoms with van der Waals surface area (Å²) in [5.41, 5.74) is 6.66. The van der Waals surface area contributed by atoms with Gasteiger partial charge in [-0.25, -0.2) is 0 Å². The second-order valence-electron chi connectivity index (χ2n) is 16.1. The van der Waals surface area contributed by atoms with Crippen molar-refractivity contribution in [1.82, 2.24) is 42.5 Å². The van der Waals surface area contributed by atoms with Crippen LogP contribution < -0.4 is 48.3 Å². The maximum absolute atomic E-state index is 10.4. The number of hydrogen-bond acceptors (Lipinski definition) is 10. The third-order valence-corrected chi connectivity index (χ3v) is 14.2. The number of rotatable bonds is 0. The monoisotopic (exact) mass is 651 g/mol. The number of nitrogens with zero attached hydrogens (tertiary/aromatic N) is 1. The van der Waals surface area contributed by atoms with Gasteiger partial charge in [0.1, 0.15) is 0 Å². The van der Waals surface area contributed by atoms with Gasteiger partial charge in [0.05, 0.1) is 61.3 Å². The molecule has 9 rings (SSSR count). The second kappa shape index (κ2) is 12.6. The predicted octanol–water partition coefficient (Wildman–Crippen LogP) is 1.29. The topological polar surface area (TPSA) is 146 Å². The summed E-state index contributed by atoms with van der Waals surface area (Å²) in [4.78, 5) is 0. The molecule has 0 aromatic rings. The summed E-state index contributed by atoms with van der Waals surface area (Å²) in [6.45, 7) is 0. The Morgan fingerprint density at radius 1 is 0.409 bits per heavy atom. The molecular formula is C33H56CoN10. The van der Waals surface area contributed by atoms with Crippen molar-refractivity contribution in [3.8, 4) is 6.07 Å². The minimum Gasteiger partial charge on any atom is -0.326 e. The second-order valence-corrected chi connectivity index (χ2v) is 16.1. The summed E-state index contributed by atoms with van der Waals surface area (Å²) in [5, 5.41) is 43.6. The molecular weight excluding hydrogens is 595 g/mol. The quantitative estimate of drug-likeness (QED) is 0.188. The Morgan fingerprint density at radius 3 is 1.02 bits per heavy atom. The molecule has 4 aliphatic carbocycles. The molecule has 5 heterocycles. The first-order chi connectivity index (χ1) is 21.2. The molecule has 8 bridgehead atoms. The first-order valence-corrected chi connectivity index (χ1v) is 18.4. The van der Waals surface area contributed by atoms with Crippen LogP contribution in [0.3, 0.4) is 0 Å². The number of nitriles is 1. The molecule has 10 nitrogen and oxygen atoms in total. The largest absolute Gasteiger partial charge is 0.326 e. The molecule has 0 aromatic carbocycles. The standard InChI is InChI=1S/C33H56N10.Co/c34-15-23-24(35)14-13-22-25(23)33-42-31-21-12-6-5-11-20(21)29(40-31)38-27-17-8-2-1-7-16(17)26(36-27)37-28-18-9-3-4-10-19(18)30(39-28)41-32(22)43-33;/h16-33,36-43H,1-14,35H2;. The van der Waals surface area contributed by atoms with Gasteiger partial charge in [-0.05, 0) is 92.8 Å². The van der Waals surface area contributed by atoms with Crippen molar-refractivity contribution in [2.75, 3.05) is 0 Å². The molecule has 11 heteroatoms. The maximum Gasteiger partial charge on any atom is 0.0676 e. The van der Waals surface area contributed by atoms with Gasteiger partial charge in [-0.15, -0.1) is 0 Å². The van der Waals surface area contributed by atoms with Crippen LogP contribution in [0.15, 0.2) is 0 Å². The van der Waals surface area contributed by atoms with E-state index in [1.165, 1.54) is 77.0 Å². The van der Waals surface area contributed by atoms with Gasteiger partial charge < -0.3 is 5.73 Å². The molecule has 10 N–H and O–H groups in total. The van der Waals surface area contributed by atoms with Crippen LogP contribution in [-0.4, -0.2) is 55.4 Å². The van der Waals surface area contributed by atoms with Crippen molar-refractivity contribution < 1.29 is 16.8 Å². The van der Waals surface area contributed by atoms with E-state index >= 15 is 0 Å². The van der Waals surface area contributed by atoms with Crippen molar-refractivity contribution in [3.63, 3.8) is 0 Å². The molecule has 5 aliphatic heterocycles. The van der Waals surface area contributed by atoms with Crippen LogP contribution in [0.5, 0.6) is 0 Å². The average Bonchev–Trinajstić information content (AvgIpc) is 3.76. The minimum absolute atomic E-state index is 0. The molecule has 0 amide bonds. The SMILES string of the molecule is N#CC1C(N)CCC2C3NC4NC(NC5NC(NC6NC(NC(N3)C12)C1CCCCC61)C1CCCCC51)C1CCCCC41.[Co]. The first kappa shape index (κ1) is 30.9. The third kappa shape index (κ3) is 5.14. The van der Waals surface area contributed by atoms with Crippen molar-refractivity contribution in [2.24, 2.45) is 59.0 Å². The Hall–Kier alpha value is -0.364. The summed E-state index contributed by atoms with van der Waals surface area (Å²) < 4.78 is 0. The Balaban J connectivity index is 0.00000289. The van der Waals surface area contributed by atoms with Crippen molar-refractivity contribution in [3.05, 3.63) is 0 Å². The van der Waals surface area contributed by atoms with Crippen molar-refractivity contribution in [1.29, 1.82) is 5.26 Å². The average molecular weight is 652 g/mol. The van der Waals surface area contributed by atoms with E-state index in [-0.39, 0.29) is 59.3 Å². The van der Waals surface area contributed by atoms with E-state index in [2.05, 4.69) is 48.6 Å². The zero-order valence-corrected chi connectivity index (χ0v) is 27.2. The Kier molecular flexibility index (Phi) is 8.85. The van der Waals surface area contributed by atoms with E-state index in [4.69, 9.17) is 5.73 Å². The predicted molar refractivity (Wildman–Crippen MR) is 165 cm³/mol. The Morgan fingerprint density at radius 2 is 0.705 bits per heavy atom.